The van der Waals surface area contributed by atoms with Crippen molar-refractivity contribution in [1.82, 2.24) is 20.1 Å². The molecular formula is C13H15FN4O. The van der Waals surface area contributed by atoms with Crippen molar-refractivity contribution in [3.05, 3.63) is 47.8 Å². The van der Waals surface area contributed by atoms with Crippen molar-refractivity contribution in [2.45, 2.75) is 26.4 Å². The SMILES string of the molecule is Cc1ccc(F)cc1C(=O)NC(C)Cn1cncn1. The van der Waals surface area contributed by atoms with Gasteiger partial charge in [-0.15, -0.1) is 0 Å². The lowest BCUT2D eigenvalue weighted by atomic mass is 10.1. The van der Waals surface area contributed by atoms with Crippen LogP contribution in [0.2, 0.25) is 0 Å². The molecule has 1 aromatic carbocycles. The Kier molecular flexibility index (Phi) is 3.89. The maximum absolute atomic E-state index is 13.1. The lowest BCUT2D eigenvalue weighted by Gasteiger charge is -2.14. The first kappa shape index (κ1) is 13.2. The molecule has 0 radical (unpaired) electrons. The van der Waals surface area contributed by atoms with Gasteiger partial charge in [0.1, 0.15) is 18.5 Å². The van der Waals surface area contributed by atoms with Crippen molar-refractivity contribution in [3.8, 4) is 0 Å². The predicted octanol–water partition coefficient (Wildman–Crippen LogP) is 1.54. The Bertz CT molecular complexity index is 568. The van der Waals surface area contributed by atoms with Gasteiger partial charge in [0.25, 0.3) is 5.91 Å². The number of amides is 1. The average Bonchev–Trinajstić information content (AvgIpc) is 2.84. The largest absolute Gasteiger partial charge is 0.348 e. The quantitative estimate of drug-likeness (QED) is 0.909. The molecule has 2 rings (SSSR count). The second kappa shape index (κ2) is 5.60. The third-order valence-electron chi connectivity index (χ3n) is 2.75. The molecule has 1 N–H and O–H groups in total. The number of nitrogens with one attached hydrogen (secondary N) is 1. The van der Waals surface area contributed by atoms with E-state index in [-0.39, 0.29) is 11.9 Å². The molecule has 0 aliphatic rings. The smallest absolute Gasteiger partial charge is 0.251 e. The van der Waals surface area contributed by atoms with Crippen molar-refractivity contribution >= 4 is 5.91 Å². The molecule has 1 atom stereocenters. The first-order valence-electron chi connectivity index (χ1n) is 5.95. The molecule has 0 aliphatic carbocycles. The minimum Gasteiger partial charge on any atom is -0.348 e. The van der Waals surface area contributed by atoms with E-state index in [9.17, 15) is 9.18 Å². The van der Waals surface area contributed by atoms with Crippen LogP contribution in [0.15, 0.2) is 30.9 Å². The molecule has 0 saturated heterocycles. The van der Waals surface area contributed by atoms with Crippen LogP contribution in [0.25, 0.3) is 0 Å². The third kappa shape index (κ3) is 3.37. The number of rotatable bonds is 4. The molecule has 0 bridgehead atoms. The summed E-state index contributed by atoms with van der Waals surface area (Å²) in [5.41, 5.74) is 1.09. The normalized spacial score (nSPS) is 12.2. The summed E-state index contributed by atoms with van der Waals surface area (Å²) in [4.78, 5) is 15.9. The monoisotopic (exact) mass is 262 g/mol. The summed E-state index contributed by atoms with van der Waals surface area (Å²) in [7, 11) is 0. The maximum Gasteiger partial charge on any atom is 0.251 e. The van der Waals surface area contributed by atoms with Gasteiger partial charge in [0.05, 0.1) is 6.54 Å². The van der Waals surface area contributed by atoms with Gasteiger partial charge in [-0.05, 0) is 31.5 Å². The highest BCUT2D eigenvalue weighted by molar-refractivity contribution is 5.95. The zero-order valence-corrected chi connectivity index (χ0v) is 10.8. The number of carbonyl (C=O) groups excluding carboxylic acids is 1. The number of hydrogen-bond acceptors (Lipinski definition) is 3. The molecule has 1 heterocycles. The van der Waals surface area contributed by atoms with Crippen LogP contribution in [-0.2, 0) is 6.54 Å². The van der Waals surface area contributed by atoms with Crippen LogP contribution in [0.3, 0.4) is 0 Å². The molecule has 5 nitrogen and oxygen atoms in total. The summed E-state index contributed by atoms with van der Waals surface area (Å²) in [5.74, 6) is -0.704. The molecule has 100 valence electrons. The highest BCUT2D eigenvalue weighted by Crippen LogP contribution is 2.10. The van der Waals surface area contributed by atoms with Gasteiger partial charge >= 0.3 is 0 Å². The van der Waals surface area contributed by atoms with Gasteiger partial charge in [-0.1, -0.05) is 6.07 Å². The standard InChI is InChI=1S/C13H15FN4O/c1-9-3-4-11(14)5-12(9)13(19)17-10(2)6-18-8-15-7-16-18/h3-5,7-8,10H,6H2,1-2H3,(H,17,19). The topological polar surface area (TPSA) is 59.8 Å². The lowest BCUT2D eigenvalue weighted by Crippen LogP contribution is -2.36. The molecule has 19 heavy (non-hydrogen) atoms. The van der Waals surface area contributed by atoms with E-state index in [0.717, 1.165) is 5.56 Å². The average molecular weight is 262 g/mol. The van der Waals surface area contributed by atoms with Crippen molar-refractivity contribution in [2.75, 3.05) is 0 Å². The van der Waals surface area contributed by atoms with Crippen molar-refractivity contribution in [2.24, 2.45) is 0 Å². The molecule has 1 amide bonds. The number of carbonyl (C=O) groups is 1. The van der Waals surface area contributed by atoms with E-state index >= 15 is 0 Å². The van der Waals surface area contributed by atoms with E-state index in [0.29, 0.717) is 12.1 Å². The van der Waals surface area contributed by atoms with E-state index < -0.39 is 5.82 Å². The molecular weight excluding hydrogens is 247 g/mol. The van der Waals surface area contributed by atoms with Gasteiger partial charge in [0.15, 0.2) is 0 Å². The Labute approximate surface area is 110 Å². The molecule has 1 aromatic heterocycles. The van der Waals surface area contributed by atoms with Crippen LogP contribution in [-0.4, -0.2) is 26.7 Å². The summed E-state index contributed by atoms with van der Waals surface area (Å²) in [6.45, 7) is 4.14. The number of aromatic nitrogens is 3. The van der Waals surface area contributed by atoms with Crippen LogP contribution >= 0.6 is 0 Å². The van der Waals surface area contributed by atoms with E-state index in [1.54, 1.807) is 24.0 Å². The van der Waals surface area contributed by atoms with Gasteiger partial charge in [-0.2, -0.15) is 5.10 Å². The molecule has 2 aromatic rings. The van der Waals surface area contributed by atoms with Crippen LogP contribution in [0.5, 0.6) is 0 Å². The maximum atomic E-state index is 13.1. The second-order valence-electron chi connectivity index (χ2n) is 4.45. The van der Waals surface area contributed by atoms with Gasteiger partial charge < -0.3 is 5.32 Å². The van der Waals surface area contributed by atoms with Gasteiger partial charge in [-0.25, -0.2) is 9.37 Å². The van der Waals surface area contributed by atoms with Gasteiger partial charge in [-0.3, -0.25) is 9.48 Å². The van der Waals surface area contributed by atoms with Crippen molar-refractivity contribution in [1.29, 1.82) is 0 Å². The van der Waals surface area contributed by atoms with Crippen LogP contribution in [0.4, 0.5) is 4.39 Å². The molecule has 6 heteroatoms. The molecule has 0 saturated carbocycles. The highest BCUT2D eigenvalue weighted by Gasteiger charge is 2.13. The van der Waals surface area contributed by atoms with Gasteiger partial charge in [0.2, 0.25) is 0 Å². The third-order valence-corrected chi connectivity index (χ3v) is 2.75. The lowest BCUT2D eigenvalue weighted by molar-refractivity contribution is 0.0935. The minimum atomic E-state index is -0.417. The number of aryl methyl sites for hydroxylation is 1. The Morgan fingerprint density at radius 3 is 3.00 bits per heavy atom. The Hall–Kier alpha value is -2.24. The fourth-order valence-corrected chi connectivity index (χ4v) is 1.79. The summed E-state index contributed by atoms with van der Waals surface area (Å²) in [5, 5.41) is 6.77. The van der Waals surface area contributed by atoms with Gasteiger partial charge in [0, 0.05) is 11.6 Å². The Morgan fingerprint density at radius 1 is 1.53 bits per heavy atom. The molecule has 1 unspecified atom stereocenters. The minimum absolute atomic E-state index is 0.128. The fourth-order valence-electron chi connectivity index (χ4n) is 1.79. The van der Waals surface area contributed by atoms with Crippen LogP contribution in [0, 0.1) is 12.7 Å². The fraction of sp³-hybridized carbons (Fsp3) is 0.308. The zero-order chi connectivity index (χ0) is 13.8. The second-order valence-corrected chi connectivity index (χ2v) is 4.45. The van der Waals surface area contributed by atoms with Crippen LogP contribution < -0.4 is 5.32 Å². The Balaban J connectivity index is 2.02. The van der Waals surface area contributed by atoms with E-state index in [4.69, 9.17) is 0 Å². The number of benzene rings is 1. The molecule has 0 fully saturated rings. The summed E-state index contributed by atoms with van der Waals surface area (Å²) in [6, 6.07) is 4.04. The van der Waals surface area contributed by atoms with E-state index in [1.807, 2.05) is 6.92 Å². The molecule has 0 spiro atoms. The van der Waals surface area contributed by atoms with Crippen molar-refractivity contribution < 1.29 is 9.18 Å². The Morgan fingerprint density at radius 2 is 2.32 bits per heavy atom. The van der Waals surface area contributed by atoms with Crippen molar-refractivity contribution in [3.63, 3.8) is 0 Å². The number of hydrogen-bond donors (Lipinski definition) is 1. The zero-order valence-electron chi connectivity index (χ0n) is 10.8. The number of nitrogens with zero attached hydrogens (tertiary/aromatic N) is 3. The first-order valence-corrected chi connectivity index (χ1v) is 5.95. The predicted molar refractivity (Wildman–Crippen MR) is 68.1 cm³/mol. The first-order chi connectivity index (χ1) is 9.06. The molecule has 0 aliphatic heterocycles. The van der Waals surface area contributed by atoms with E-state index in [2.05, 4.69) is 15.4 Å². The summed E-state index contributed by atoms with van der Waals surface area (Å²) < 4.78 is 14.8. The summed E-state index contributed by atoms with van der Waals surface area (Å²) >= 11 is 0. The summed E-state index contributed by atoms with van der Waals surface area (Å²) in [6.07, 6.45) is 3.02. The number of halogens is 1. The van der Waals surface area contributed by atoms with Crippen LogP contribution in [0.1, 0.15) is 22.8 Å². The van der Waals surface area contributed by atoms with E-state index in [1.165, 1.54) is 18.5 Å². The highest BCUT2D eigenvalue weighted by atomic mass is 19.1.